The van der Waals surface area contributed by atoms with Crippen molar-refractivity contribution in [2.24, 2.45) is 5.73 Å². The Hall–Kier alpha value is -0.470. The van der Waals surface area contributed by atoms with Gasteiger partial charge in [-0.3, -0.25) is 0 Å². The number of benzene rings is 1. The minimum Gasteiger partial charge on any atom is -0.324 e. The number of hydrogen-bond acceptors (Lipinski definition) is 2. The van der Waals surface area contributed by atoms with E-state index in [9.17, 15) is 0 Å². The van der Waals surface area contributed by atoms with Crippen LogP contribution in [0.4, 0.5) is 0 Å². The molecule has 0 aliphatic carbocycles. The molecular weight excluding hydrogens is 286 g/mol. The molecule has 1 nitrogen and oxygen atoms in total. The van der Waals surface area contributed by atoms with Gasteiger partial charge in [0.15, 0.2) is 0 Å². The Bertz CT molecular complexity index is 428. The fraction of sp³-hybridized carbons (Fsp3) is 0.700. The molecule has 2 heteroatoms. The minimum atomic E-state index is 0.0620. The molecule has 2 atom stereocenters. The summed E-state index contributed by atoms with van der Waals surface area (Å²) in [5, 5.41) is 0.605. The van der Waals surface area contributed by atoms with Crippen LogP contribution in [0.25, 0.3) is 0 Å². The van der Waals surface area contributed by atoms with Crippen molar-refractivity contribution in [3.05, 3.63) is 35.4 Å². The second-order valence-corrected chi connectivity index (χ2v) is 8.17. The number of unbranched alkanes of at least 4 members (excludes halogenated alkanes) is 5. The highest BCUT2D eigenvalue weighted by Crippen LogP contribution is 2.45. The van der Waals surface area contributed by atoms with Crippen LogP contribution in [0.15, 0.2) is 24.3 Å². The van der Waals surface area contributed by atoms with Crippen LogP contribution in [0.5, 0.6) is 0 Å². The molecule has 0 bridgehead atoms. The largest absolute Gasteiger partial charge is 0.324 e. The predicted molar refractivity (Wildman–Crippen MR) is 101 cm³/mol. The van der Waals surface area contributed by atoms with E-state index in [1.54, 1.807) is 0 Å². The van der Waals surface area contributed by atoms with Gasteiger partial charge in [0.1, 0.15) is 0 Å². The van der Waals surface area contributed by atoms with E-state index in [0.29, 0.717) is 5.25 Å². The Morgan fingerprint density at radius 2 is 1.73 bits per heavy atom. The van der Waals surface area contributed by atoms with Crippen LogP contribution in [0.1, 0.15) is 81.6 Å². The maximum atomic E-state index is 6.41. The van der Waals surface area contributed by atoms with E-state index in [1.165, 1.54) is 56.1 Å². The number of thioether (sulfide) groups is 1. The molecule has 2 N–H and O–H groups in total. The molecule has 0 spiro atoms. The number of aryl methyl sites for hydroxylation is 1. The van der Waals surface area contributed by atoms with Crippen molar-refractivity contribution in [1.29, 1.82) is 0 Å². The van der Waals surface area contributed by atoms with Crippen LogP contribution in [-0.2, 0) is 6.42 Å². The van der Waals surface area contributed by atoms with Gasteiger partial charge in [0.2, 0.25) is 0 Å². The van der Waals surface area contributed by atoms with Crippen LogP contribution in [0, 0.1) is 0 Å². The molecular formula is C20H33NS. The highest BCUT2D eigenvalue weighted by molar-refractivity contribution is 7.99. The van der Waals surface area contributed by atoms with Crippen molar-refractivity contribution in [3.8, 4) is 0 Å². The van der Waals surface area contributed by atoms with E-state index in [2.05, 4.69) is 38.1 Å². The first-order valence-corrected chi connectivity index (χ1v) is 10.2. The van der Waals surface area contributed by atoms with Gasteiger partial charge < -0.3 is 5.73 Å². The lowest BCUT2D eigenvalue weighted by atomic mass is 9.91. The summed E-state index contributed by atoms with van der Waals surface area (Å²) in [6, 6.07) is 9.35. The summed E-state index contributed by atoms with van der Waals surface area (Å²) in [6.45, 7) is 4.49. The fourth-order valence-corrected chi connectivity index (χ4v) is 4.88. The standard InChI is InChI=1S/C20H33NS/c1-3-5-6-7-8-9-10-17-11-13-18(14-12-17)19-15-20(21,4-2)16-22-19/h11-14,19H,3-10,15-16,21H2,1-2H3. The normalized spacial score (nSPS) is 24.8. The van der Waals surface area contributed by atoms with Crippen molar-refractivity contribution < 1.29 is 0 Å². The summed E-state index contributed by atoms with van der Waals surface area (Å²) < 4.78 is 0. The van der Waals surface area contributed by atoms with Crippen LogP contribution < -0.4 is 5.73 Å². The highest BCUT2D eigenvalue weighted by Gasteiger charge is 2.35. The van der Waals surface area contributed by atoms with E-state index in [4.69, 9.17) is 5.73 Å². The van der Waals surface area contributed by atoms with Gasteiger partial charge in [-0.1, -0.05) is 70.2 Å². The number of nitrogens with two attached hydrogens (primary N) is 1. The molecule has 0 saturated carbocycles. The second-order valence-electron chi connectivity index (χ2n) is 6.98. The van der Waals surface area contributed by atoms with Crippen LogP contribution in [0.2, 0.25) is 0 Å². The molecule has 0 radical (unpaired) electrons. The van der Waals surface area contributed by atoms with Crippen molar-refractivity contribution >= 4 is 11.8 Å². The lowest BCUT2D eigenvalue weighted by Gasteiger charge is -2.20. The van der Waals surface area contributed by atoms with Gasteiger partial charge in [0.25, 0.3) is 0 Å². The van der Waals surface area contributed by atoms with Crippen LogP contribution in [0.3, 0.4) is 0 Å². The van der Waals surface area contributed by atoms with Crippen molar-refractivity contribution in [2.45, 2.75) is 82.4 Å². The van der Waals surface area contributed by atoms with E-state index >= 15 is 0 Å². The maximum Gasteiger partial charge on any atom is 0.0315 e. The lowest BCUT2D eigenvalue weighted by molar-refractivity contribution is 0.443. The Kier molecular flexibility index (Phi) is 7.30. The second kappa shape index (κ2) is 8.98. The first-order chi connectivity index (χ1) is 10.7. The van der Waals surface area contributed by atoms with Gasteiger partial charge in [-0.05, 0) is 36.8 Å². The molecule has 1 aliphatic heterocycles. The molecule has 22 heavy (non-hydrogen) atoms. The van der Waals surface area contributed by atoms with Crippen molar-refractivity contribution in [2.75, 3.05) is 5.75 Å². The summed E-state index contributed by atoms with van der Waals surface area (Å²) in [6.07, 6.45) is 11.7. The van der Waals surface area contributed by atoms with E-state index < -0.39 is 0 Å². The lowest BCUT2D eigenvalue weighted by Crippen LogP contribution is -2.38. The topological polar surface area (TPSA) is 26.0 Å². The van der Waals surface area contributed by atoms with Gasteiger partial charge in [-0.25, -0.2) is 0 Å². The molecule has 0 amide bonds. The van der Waals surface area contributed by atoms with Gasteiger partial charge in [-0.15, -0.1) is 0 Å². The smallest absolute Gasteiger partial charge is 0.0315 e. The summed E-state index contributed by atoms with van der Waals surface area (Å²) in [7, 11) is 0. The zero-order chi connectivity index (χ0) is 15.8. The van der Waals surface area contributed by atoms with Crippen LogP contribution in [-0.4, -0.2) is 11.3 Å². The molecule has 2 unspecified atom stereocenters. The van der Waals surface area contributed by atoms with Gasteiger partial charge in [-0.2, -0.15) is 11.8 Å². The maximum absolute atomic E-state index is 6.41. The third-order valence-corrected chi connectivity index (χ3v) is 6.62. The summed E-state index contributed by atoms with van der Waals surface area (Å²) >= 11 is 2.04. The van der Waals surface area contributed by atoms with Gasteiger partial charge in [0.05, 0.1) is 0 Å². The number of rotatable bonds is 9. The zero-order valence-corrected chi connectivity index (χ0v) is 15.3. The fourth-order valence-electron chi connectivity index (χ4n) is 3.22. The average Bonchev–Trinajstić information content (AvgIpc) is 2.94. The molecule has 1 aromatic rings. The zero-order valence-electron chi connectivity index (χ0n) is 14.4. The monoisotopic (exact) mass is 319 g/mol. The van der Waals surface area contributed by atoms with E-state index in [1.807, 2.05) is 11.8 Å². The van der Waals surface area contributed by atoms with E-state index in [-0.39, 0.29) is 5.54 Å². The third-order valence-electron chi connectivity index (χ3n) is 5.04. The Balaban J connectivity index is 1.74. The molecule has 1 aliphatic rings. The predicted octanol–water partition coefficient (Wildman–Crippen LogP) is 5.88. The SMILES string of the molecule is CCCCCCCCc1ccc(C2CC(N)(CC)CS2)cc1. The Morgan fingerprint density at radius 1 is 1.05 bits per heavy atom. The molecule has 1 saturated heterocycles. The summed E-state index contributed by atoms with van der Waals surface area (Å²) in [4.78, 5) is 0. The molecule has 1 fully saturated rings. The minimum absolute atomic E-state index is 0.0620. The van der Waals surface area contributed by atoms with Crippen molar-refractivity contribution in [1.82, 2.24) is 0 Å². The Labute approximate surface area is 141 Å². The molecule has 1 heterocycles. The van der Waals surface area contributed by atoms with E-state index in [0.717, 1.165) is 18.6 Å². The van der Waals surface area contributed by atoms with Crippen molar-refractivity contribution in [3.63, 3.8) is 0 Å². The molecule has 1 aromatic carbocycles. The average molecular weight is 320 g/mol. The molecule has 124 valence electrons. The highest BCUT2D eigenvalue weighted by atomic mass is 32.2. The number of hydrogen-bond donors (Lipinski definition) is 1. The summed E-state index contributed by atoms with van der Waals surface area (Å²) in [5.74, 6) is 1.10. The van der Waals surface area contributed by atoms with Crippen LogP contribution >= 0.6 is 11.8 Å². The van der Waals surface area contributed by atoms with Gasteiger partial charge >= 0.3 is 0 Å². The van der Waals surface area contributed by atoms with Gasteiger partial charge in [0, 0.05) is 16.5 Å². The molecule has 0 aromatic heterocycles. The first kappa shape index (κ1) is 17.9. The Morgan fingerprint density at radius 3 is 2.36 bits per heavy atom. The third kappa shape index (κ3) is 5.31. The quantitative estimate of drug-likeness (QED) is 0.576. The summed E-state index contributed by atoms with van der Waals surface area (Å²) in [5.41, 5.74) is 9.44. The first-order valence-electron chi connectivity index (χ1n) is 9.16. The molecule has 2 rings (SSSR count).